The summed E-state index contributed by atoms with van der Waals surface area (Å²) in [5, 5.41) is 0. The van der Waals surface area contributed by atoms with E-state index < -0.39 is 5.54 Å². The Morgan fingerprint density at radius 2 is 1.26 bits per heavy atom. The van der Waals surface area contributed by atoms with Crippen LogP contribution in [0.25, 0.3) is 11.1 Å². The van der Waals surface area contributed by atoms with Gasteiger partial charge in [0.1, 0.15) is 0 Å². The molecule has 0 fully saturated rings. The molecule has 1 unspecified atom stereocenters. The van der Waals surface area contributed by atoms with Crippen molar-refractivity contribution in [1.29, 1.82) is 0 Å². The molecule has 1 atom stereocenters. The van der Waals surface area contributed by atoms with E-state index in [9.17, 15) is 0 Å². The van der Waals surface area contributed by atoms with Crippen LogP contribution in [0.2, 0.25) is 0 Å². The zero-order chi connectivity index (χ0) is 26.6. The highest BCUT2D eigenvalue weighted by molar-refractivity contribution is 5.79. The van der Waals surface area contributed by atoms with Crippen LogP contribution in [-0.4, -0.2) is 6.54 Å². The summed E-state index contributed by atoms with van der Waals surface area (Å²) in [6.07, 6.45) is 12.9. The van der Waals surface area contributed by atoms with Crippen LogP contribution in [0.1, 0.15) is 38.2 Å². The van der Waals surface area contributed by atoms with Crippen LogP contribution >= 0.6 is 0 Å². The van der Waals surface area contributed by atoms with Gasteiger partial charge in [-0.1, -0.05) is 117 Å². The number of nitrogens with two attached hydrogens (primary N) is 2. The Morgan fingerprint density at radius 1 is 0.684 bits per heavy atom. The van der Waals surface area contributed by atoms with Crippen LogP contribution in [0.5, 0.6) is 0 Å². The highest BCUT2D eigenvalue weighted by Gasteiger charge is 2.27. The number of anilines is 3. The molecule has 0 aromatic heterocycles. The van der Waals surface area contributed by atoms with Crippen molar-refractivity contribution in [2.75, 3.05) is 11.4 Å². The Balaban J connectivity index is 0.000000505. The van der Waals surface area contributed by atoms with Crippen LogP contribution in [0.3, 0.4) is 0 Å². The Hall–Kier alpha value is -3.92. The summed E-state index contributed by atoms with van der Waals surface area (Å²) in [5.41, 5.74) is 18.4. The van der Waals surface area contributed by atoms with E-state index in [1.54, 1.807) is 0 Å². The van der Waals surface area contributed by atoms with Gasteiger partial charge in [-0.05, 0) is 72.5 Å². The van der Waals surface area contributed by atoms with E-state index in [2.05, 4.69) is 127 Å². The Labute approximate surface area is 228 Å². The zero-order valence-electron chi connectivity index (χ0n) is 22.3. The highest BCUT2D eigenvalue weighted by atomic mass is 15.1. The van der Waals surface area contributed by atoms with Gasteiger partial charge in [0.05, 0.1) is 5.54 Å². The molecular formula is C35H39N3. The number of rotatable bonds is 8. The molecule has 194 valence electrons. The molecule has 0 radical (unpaired) electrons. The van der Waals surface area contributed by atoms with Gasteiger partial charge in [-0.15, -0.1) is 0 Å². The number of para-hydroxylation sites is 2. The van der Waals surface area contributed by atoms with Gasteiger partial charge < -0.3 is 16.4 Å². The SMILES string of the molecule is CCCCCN.NC1(c2ccccc2-c2ccc(N(c3ccccc3)c3ccccc3)cc2)C=CC=CC1. The number of unbranched alkanes of at least 4 members (excludes halogenated alkanes) is 2. The van der Waals surface area contributed by atoms with Gasteiger partial charge in [0, 0.05) is 17.1 Å². The molecule has 0 heterocycles. The van der Waals surface area contributed by atoms with Crippen molar-refractivity contribution in [3.8, 4) is 11.1 Å². The van der Waals surface area contributed by atoms with Crippen molar-refractivity contribution in [3.05, 3.63) is 139 Å². The summed E-state index contributed by atoms with van der Waals surface area (Å²) in [4.78, 5) is 2.27. The fraction of sp³-hybridized carbons (Fsp3) is 0.200. The fourth-order valence-electron chi connectivity index (χ4n) is 4.76. The van der Waals surface area contributed by atoms with E-state index in [1.165, 1.54) is 30.4 Å². The molecule has 3 nitrogen and oxygen atoms in total. The topological polar surface area (TPSA) is 55.3 Å². The monoisotopic (exact) mass is 501 g/mol. The second-order valence-corrected chi connectivity index (χ2v) is 9.63. The summed E-state index contributed by atoms with van der Waals surface area (Å²) in [7, 11) is 0. The van der Waals surface area contributed by atoms with E-state index in [1.807, 2.05) is 18.2 Å². The molecule has 0 saturated carbocycles. The molecule has 4 aromatic rings. The minimum absolute atomic E-state index is 0.482. The third-order valence-electron chi connectivity index (χ3n) is 6.80. The van der Waals surface area contributed by atoms with Crippen LogP contribution in [0.15, 0.2) is 133 Å². The second kappa shape index (κ2) is 13.6. The second-order valence-electron chi connectivity index (χ2n) is 9.63. The molecule has 1 aliphatic rings. The first-order valence-corrected chi connectivity index (χ1v) is 13.6. The van der Waals surface area contributed by atoms with Crippen molar-refractivity contribution in [2.24, 2.45) is 11.5 Å². The average molecular weight is 502 g/mol. The summed E-state index contributed by atoms with van der Waals surface area (Å²) < 4.78 is 0. The lowest BCUT2D eigenvalue weighted by atomic mass is 9.81. The minimum atomic E-state index is -0.482. The van der Waals surface area contributed by atoms with Crippen molar-refractivity contribution >= 4 is 17.1 Å². The number of hydrogen-bond donors (Lipinski definition) is 2. The quantitative estimate of drug-likeness (QED) is 0.238. The summed E-state index contributed by atoms with van der Waals surface area (Å²) in [5.74, 6) is 0. The van der Waals surface area contributed by atoms with Crippen molar-refractivity contribution in [1.82, 2.24) is 0 Å². The molecule has 4 N–H and O–H groups in total. The minimum Gasteiger partial charge on any atom is -0.330 e. The molecule has 0 spiro atoms. The lowest BCUT2D eigenvalue weighted by molar-refractivity contribution is 0.567. The maximum atomic E-state index is 6.80. The van der Waals surface area contributed by atoms with Crippen molar-refractivity contribution in [3.63, 3.8) is 0 Å². The van der Waals surface area contributed by atoms with E-state index >= 15 is 0 Å². The Morgan fingerprint density at radius 3 is 1.79 bits per heavy atom. The lowest BCUT2D eigenvalue weighted by Crippen LogP contribution is -2.35. The molecule has 5 rings (SSSR count). The van der Waals surface area contributed by atoms with Crippen LogP contribution in [0, 0.1) is 0 Å². The van der Waals surface area contributed by atoms with Gasteiger partial charge in [-0.25, -0.2) is 0 Å². The summed E-state index contributed by atoms with van der Waals surface area (Å²) in [6, 6.07) is 38.1. The van der Waals surface area contributed by atoms with E-state index in [4.69, 9.17) is 11.5 Å². The molecular weight excluding hydrogens is 462 g/mol. The molecule has 0 bridgehead atoms. The lowest BCUT2D eigenvalue weighted by Gasteiger charge is -2.30. The largest absolute Gasteiger partial charge is 0.330 e. The molecule has 38 heavy (non-hydrogen) atoms. The third kappa shape index (κ3) is 6.69. The Bertz CT molecular complexity index is 1270. The van der Waals surface area contributed by atoms with Crippen LogP contribution in [0.4, 0.5) is 17.1 Å². The number of nitrogens with zero attached hydrogens (tertiary/aromatic N) is 1. The Kier molecular flexibility index (Phi) is 9.69. The summed E-state index contributed by atoms with van der Waals surface area (Å²) in [6.45, 7) is 3.03. The van der Waals surface area contributed by atoms with Crippen molar-refractivity contribution < 1.29 is 0 Å². The van der Waals surface area contributed by atoms with Gasteiger partial charge in [-0.3, -0.25) is 0 Å². The maximum absolute atomic E-state index is 6.80. The molecule has 0 saturated heterocycles. The van der Waals surface area contributed by atoms with Gasteiger partial charge in [-0.2, -0.15) is 0 Å². The molecule has 0 aliphatic heterocycles. The molecule has 0 amide bonds. The molecule has 1 aliphatic carbocycles. The molecule has 3 heteroatoms. The zero-order valence-corrected chi connectivity index (χ0v) is 22.3. The number of hydrogen-bond acceptors (Lipinski definition) is 3. The highest BCUT2D eigenvalue weighted by Crippen LogP contribution is 2.38. The van der Waals surface area contributed by atoms with E-state index in [0.717, 1.165) is 35.6 Å². The van der Waals surface area contributed by atoms with Crippen LogP contribution in [-0.2, 0) is 5.54 Å². The maximum Gasteiger partial charge on any atom is 0.0639 e. The van der Waals surface area contributed by atoms with Gasteiger partial charge >= 0.3 is 0 Å². The predicted octanol–water partition coefficient (Wildman–Crippen LogP) is 8.63. The molecule has 4 aromatic carbocycles. The predicted molar refractivity (Wildman–Crippen MR) is 164 cm³/mol. The normalized spacial score (nSPS) is 16.0. The van der Waals surface area contributed by atoms with Crippen molar-refractivity contribution in [2.45, 2.75) is 38.1 Å². The first kappa shape index (κ1) is 27.1. The smallest absolute Gasteiger partial charge is 0.0639 e. The van der Waals surface area contributed by atoms with Gasteiger partial charge in [0.25, 0.3) is 0 Å². The van der Waals surface area contributed by atoms with Crippen LogP contribution < -0.4 is 16.4 Å². The first-order valence-electron chi connectivity index (χ1n) is 13.6. The van der Waals surface area contributed by atoms with E-state index in [0.29, 0.717) is 0 Å². The number of benzene rings is 4. The van der Waals surface area contributed by atoms with Gasteiger partial charge in [0.2, 0.25) is 0 Å². The fourth-order valence-corrected chi connectivity index (χ4v) is 4.76. The number of allylic oxidation sites excluding steroid dienone is 2. The van der Waals surface area contributed by atoms with Gasteiger partial charge in [0.15, 0.2) is 0 Å². The standard InChI is InChI=1S/C30H26N2.C5H13N/c31-30(22-10-3-11-23-30)29-17-9-8-16-28(29)24-18-20-27(21-19-24)32(25-12-4-1-5-13-25)26-14-6-2-7-15-26;1-2-3-4-5-6/h1-22H,23,31H2;2-6H2,1H3. The first-order chi connectivity index (χ1) is 18.7. The third-order valence-corrected chi connectivity index (χ3v) is 6.80. The van der Waals surface area contributed by atoms with E-state index in [-0.39, 0.29) is 0 Å². The summed E-state index contributed by atoms with van der Waals surface area (Å²) >= 11 is 0. The average Bonchev–Trinajstić information content (AvgIpc) is 2.98.